The van der Waals surface area contributed by atoms with Gasteiger partial charge in [-0.3, -0.25) is 5.10 Å². The van der Waals surface area contributed by atoms with Gasteiger partial charge in [0.25, 0.3) is 0 Å². The minimum absolute atomic E-state index is 0.112. The molecule has 2 aromatic rings. The Morgan fingerprint density at radius 3 is 3.06 bits per heavy atom. The predicted molar refractivity (Wildman–Crippen MR) is 62.9 cm³/mol. The van der Waals surface area contributed by atoms with Crippen LogP contribution in [0.5, 0.6) is 0 Å². The molecular weight excluding hydrogens is 234 g/mol. The molecule has 2 aromatic heterocycles. The standard InChI is InChI=1S/C11H13N5O2/c1-7-13-3-2-9(15-7)6-12-4-8-5-14-16-10(8)11(17)18/h2-3,5,12H,4,6H2,1H3,(H,14,16)(H,17,18). The van der Waals surface area contributed by atoms with E-state index in [-0.39, 0.29) is 5.69 Å². The molecule has 0 spiro atoms. The maximum atomic E-state index is 10.8. The fourth-order valence-corrected chi connectivity index (χ4v) is 1.56. The Bertz CT molecular complexity index is 552. The van der Waals surface area contributed by atoms with Crippen LogP contribution in [0.2, 0.25) is 0 Å². The van der Waals surface area contributed by atoms with E-state index in [1.54, 1.807) is 6.20 Å². The number of carboxylic acid groups (broad SMARTS) is 1. The zero-order valence-electron chi connectivity index (χ0n) is 9.84. The first kappa shape index (κ1) is 12.2. The molecule has 0 aliphatic rings. The Labute approximate surface area is 103 Å². The second-order valence-electron chi connectivity index (χ2n) is 3.77. The maximum Gasteiger partial charge on any atom is 0.354 e. The van der Waals surface area contributed by atoms with Crippen molar-refractivity contribution in [1.82, 2.24) is 25.5 Å². The summed E-state index contributed by atoms with van der Waals surface area (Å²) in [6, 6.07) is 1.81. The van der Waals surface area contributed by atoms with Crippen LogP contribution in [0.3, 0.4) is 0 Å². The molecule has 0 atom stereocenters. The van der Waals surface area contributed by atoms with Gasteiger partial charge in [-0.1, -0.05) is 0 Å². The second-order valence-corrected chi connectivity index (χ2v) is 3.77. The number of hydrogen-bond donors (Lipinski definition) is 3. The van der Waals surface area contributed by atoms with Gasteiger partial charge in [0.05, 0.1) is 11.9 Å². The number of nitrogens with one attached hydrogen (secondary N) is 2. The van der Waals surface area contributed by atoms with Gasteiger partial charge in [-0.2, -0.15) is 5.10 Å². The number of hydrogen-bond acceptors (Lipinski definition) is 5. The summed E-state index contributed by atoms with van der Waals surface area (Å²) in [6.45, 7) is 2.79. The Morgan fingerprint density at radius 1 is 1.50 bits per heavy atom. The molecule has 3 N–H and O–H groups in total. The molecule has 7 nitrogen and oxygen atoms in total. The van der Waals surface area contributed by atoms with Crippen molar-refractivity contribution in [2.24, 2.45) is 0 Å². The van der Waals surface area contributed by atoms with Gasteiger partial charge in [0.15, 0.2) is 0 Å². The van der Waals surface area contributed by atoms with Crippen LogP contribution in [0.15, 0.2) is 18.5 Å². The third-order valence-electron chi connectivity index (χ3n) is 2.39. The minimum atomic E-state index is -1.01. The lowest BCUT2D eigenvalue weighted by molar-refractivity contribution is 0.0689. The van der Waals surface area contributed by atoms with Gasteiger partial charge in [0, 0.05) is 24.8 Å². The summed E-state index contributed by atoms with van der Waals surface area (Å²) in [7, 11) is 0. The highest BCUT2D eigenvalue weighted by molar-refractivity contribution is 5.86. The maximum absolute atomic E-state index is 10.8. The van der Waals surface area contributed by atoms with Crippen molar-refractivity contribution >= 4 is 5.97 Å². The van der Waals surface area contributed by atoms with Crippen LogP contribution >= 0.6 is 0 Å². The van der Waals surface area contributed by atoms with Crippen LogP contribution in [0.4, 0.5) is 0 Å². The van der Waals surface area contributed by atoms with Crippen LogP contribution in [0.1, 0.15) is 27.6 Å². The Kier molecular flexibility index (Phi) is 3.63. The fourth-order valence-electron chi connectivity index (χ4n) is 1.56. The first-order valence-corrected chi connectivity index (χ1v) is 5.41. The highest BCUT2D eigenvalue weighted by Gasteiger charge is 2.11. The molecule has 2 heterocycles. The minimum Gasteiger partial charge on any atom is -0.477 e. The number of aromatic carboxylic acids is 1. The average molecular weight is 247 g/mol. The molecule has 0 bridgehead atoms. The molecule has 0 radical (unpaired) electrons. The summed E-state index contributed by atoms with van der Waals surface area (Å²) in [5, 5.41) is 18.2. The van der Waals surface area contributed by atoms with E-state index in [2.05, 4.69) is 25.5 Å². The van der Waals surface area contributed by atoms with Crippen molar-refractivity contribution in [2.75, 3.05) is 0 Å². The van der Waals surface area contributed by atoms with E-state index in [0.717, 1.165) is 5.69 Å². The van der Waals surface area contributed by atoms with Crippen LogP contribution in [-0.2, 0) is 13.1 Å². The molecule has 0 aliphatic carbocycles. The zero-order chi connectivity index (χ0) is 13.0. The van der Waals surface area contributed by atoms with Gasteiger partial charge in [0.1, 0.15) is 11.5 Å². The lowest BCUT2D eigenvalue weighted by Gasteiger charge is -2.04. The van der Waals surface area contributed by atoms with Crippen molar-refractivity contribution < 1.29 is 9.90 Å². The number of aromatic nitrogens is 4. The molecule has 7 heteroatoms. The molecule has 0 aliphatic heterocycles. The fraction of sp³-hybridized carbons (Fsp3) is 0.273. The quantitative estimate of drug-likeness (QED) is 0.710. The van der Waals surface area contributed by atoms with E-state index in [9.17, 15) is 4.79 Å². The monoisotopic (exact) mass is 247 g/mol. The van der Waals surface area contributed by atoms with Crippen molar-refractivity contribution in [3.8, 4) is 0 Å². The molecule has 2 rings (SSSR count). The molecule has 0 aromatic carbocycles. The van der Waals surface area contributed by atoms with Gasteiger partial charge in [-0.25, -0.2) is 14.8 Å². The number of rotatable bonds is 5. The topological polar surface area (TPSA) is 104 Å². The average Bonchev–Trinajstić information content (AvgIpc) is 2.77. The zero-order valence-corrected chi connectivity index (χ0v) is 9.84. The van der Waals surface area contributed by atoms with Gasteiger partial charge in [-0.05, 0) is 13.0 Å². The first-order chi connectivity index (χ1) is 8.66. The molecule has 94 valence electrons. The highest BCUT2D eigenvalue weighted by Crippen LogP contribution is 2.04. The van der Waals surface area contributed by atoms with Crippen molar-refractivity contribution in [2.45, 2.75) is 20.0 Å². The molecule has 0 unspecified atom stereocenters. The largest absolute Gasteiger partial charge is 0.477 e. The van der Waals surface area contributed by atoms with Crippen LogP contribution in [0.25, 0.3) is 0 Å². The van der Waals surface area contributed by atoms with Crippen molar-refractivity contribution in [1.29, 1.82) is 0 Å². The van der Waals surface area contributed by atoms with Gasteiger partial charge >= 0.3 is 5.97 Å². The van der Waals surface area contributed by atoms with E-state index in [4.69, 9.17) is 5.11 Å². The third kappa shape index (κ3) is 2.89. The van der Waals surface area contributed by atoms with E-state index in [0.29, 0.717) is 24.5 Å². The number of aryl methyl sites for hydroxylation is 1. The molecule has 0 amide bonds. The van der Waals surface area contributed by atoms with E-state index >= 15 is 0 Å². The Hall–Kier alpha value is -2.28. The van der Waals surface area contributed by atoms with Crippen LogP contribution in [0, 0.1) is 6.92 Å². The smallest absolute Gasteiger partial charge is 0.354 e. The van der Waals surface area contributed by atoms with Gasteiger partial charge < -0.3 is 10.4 Å². The molecule has 0 fully saturated rings. The third-order valence-corrected chi connectivity index (χ3v) is 2.39. The Morgan fingerprint density at radius 2 is 2.33 bits per heavy atom. The van der Waals surface area contributed by atoms with Crippen molar-refractivity contribution in [3.63, 3.8) is 0 Å². The summed E-state index contributed by atoms with van der Waals surface area (Å²) in [5.74, 6) is -0.300. The molecule has 0 saturated heterocycles. The highest BCUT2D eigenvalue weighted by atomic mass is 16.4. The Balaban J connectivity index is 1.92. The normalized spacial score (nSPS) is 10.5. The summed E-state index contributed by atoms with van der Waals surface area (Å²) < 4.78 is 0. The molecule has 18 heavy (non-hydrogen) atoms. The summed E-state index contributed by atoms with van der Waals surface area (Å²) in [5.41, 5.74) is 1.59. The van der Waals surface area contributed by atoms with Crippen LogP contribution in [-0.4, -0.2) is 31.2 Å². The lowest BCUT2D eigenvalue weighted by Crippen LogP contribution is -2.15. The summed E-state index contributed by atoms with van der Waals surface area (Å²) in [6.07, 6.45) is 3.20. The van der Waals surface area contributed by atoms with E-state index in [1.165, 1.54) is 6.20 Å². The number of H-pyrrole nitrogens is 1. The second kappa shape index (κ2) is 5.37. The summed E-state index contributed by atoms with van der Waals surface area (Å²) in [4.78, 5) is 19.1. The number of nitrogens with zero attached hydrogens (tertiary/aromatic N) is 3. The van der Waals surface area contributed by atoms with Gasteiger partial charge in [0.2, 0.25) is 0 Å². The van der Waals surface area contributed by atoms with E-state index < -0.39 is 5.97 Å². The van der Waals surface area contributed by atoms with E-state index in [1.807, 2.05) is 13.0 Å². The number of aromatic amines is 1. The molecule has 0 saturated carbocycles. The van der Waals surface area contributed by atoms with Gasteiger partial charge in [-0.15, -0.1) is 0 Å². The predicted octanol–water partition coefficient (Wildman–Crippen LogP) is 0.496. The first-order valence-electron chi connectivity index (χ1n) is 5.41. The number of carboxylic acids is 1. The summed E-state index contributed by atoms with van der Waals surface area (Å²) >= 11 is 0. The SMILES string of the molecule is Cc1nccc(CNCc2cn[nH]c2C(=O)O)n1. The number of carbonyl (C=O) groups is 1. The lowest BCUT2D eigenvalue weighted by atomic mass is 10.2. The van der Waals surface area contributed by atoms with Crippen molar-refractivity contribution in [3.05, 3.63) is 41.2 Å². The molecular formula is C11H13N5O2. The van der Waals surface area contributed by atoms with Crippen LogP contribution < -0.4 is 5.32 Å².